The fourth-order valence-electron chi connectivity index (χ4n) is 1.55. The minimum atomic E-state index is 0.446. The molecule has 1 unspecified atom stereocenters. The van der Waals surface area contributed by atoms with E-state index in [9.17, 15) is 0 Å². The summed E-state index contributed by atoms with van der Waals surface area (Å²) in [7, 11) is 0. The molecule has 0 bridgehead atoms. The van der Waals surface area contributed by atoms with Crippen molar-refractivity contribution in [3.63, 3.8) is 0 Å². The first-order valence-corrected chi connectivity index (χ1v) is 8.10. The first-order valence-electron chi connectivity index (χ1n) is 5.51. The number of fused-ring (bicyclic) bond motifs is 1. The van der Waals surface area contributed by atoms with Gasteiger partial charge < -0.3 is 5.32 Å². The average molecular weight is 287 g/mol. The highest BCUT2D eigenvalue weighted by Crippen LogP contribution is 2.32. The van der Waals surface area contributed by atoms with Crippen molar-refractivity contribution in [2.75, 3.05) is 17.3 Å². The van der Waals surface area contributed by atoms with E-state index in [2.05, 4.69) is 23.5 Å². The van der Waals surface area contributed by atoms with Crippen molar-refractivity contribution >= 4 is 50.0 Å². The predicted octanol–water partition coefficient (Wildman–Crippen LogP) is 4.50. The summed E-state index contributed by atoms with van der Waals surface area (Å²) in [6.45, 7) is 2.18. The standard InChI is InChI=1S/C12H15ClN2S2/c1-8(6-7-16-2)14-12-15-10-5-3-4-9(13)11(10)17-12/h3-5,8H,6-7H2,1-2H3,(H,14,15). The second kappa shape index (κ2) is 5.94. The quantitative estimate of drug-likeness (QED) is 0.876. The van der Waals surface area contributed by atoms with Crippen LogP contribution in [0.1, 0.15) is 13.3 Å². The van der Waals surface area contributed by atoms with E-state index in [0.717, 1.165) is 26.8 Å². The van der Waals surface area contributed by atoms with Gasteiger partial charge in [0.15, 0.2) is 5.13 Å². The molecule has 92 valence electrons. The maximum Gasteiger partial charge on any atom is 0.184 e. The van der Waals surface area contributed by atoms with E-state index in [1.54, 1.807) is 11.3 Å². The lowest BCUT2D eigenvalue weighted by molar-refractivity contribution is 0.771. The van der Waals surface area contributed by atoms with Crippen LogP contribution in [0.25, 0.3) is 10.2 Å². The topological polar surface area (TPSA) is 24.9 Å². The van der Waals surface area contributed by atoms with Crippen LogP contribution in [0.5, 0.6) is 0 Å². The van der Waals surface area contributed by atoms with Gasteiger partial charge in [0.05, 0.1) is 15.2 Å². The zero-order valence-electron chi connectivity index (χ0n) is 9.87. The average Bonchev–Trinajstić information content (AvgIpc) is 2.70. The van der Waals surface area contributed by atoms with E-state index in [1.165, 1.54) is 5.75 Å². The Morgan fingerprint density at radius 3 is 3.06 bits per heavy atom. The van der Waals surface area contributed by atoms with Crippen LogP contribution in [0, 0.1) is 0 Å². The molecule has 2 rings (SSSR count). The van der Waals surface area contributed by atoms with Gasteiger partial charge in [-0.1, -0.05) is 29.0 Å². The Labute approximate surface area is 115 Å². The molecule has 0 amide bonds. The molecule has 0 saturated heterocycles. The van der Waals surface area contributed by atoms with Gasteiger partial charge >= 0.3 is 0 Å². The summed E-state index contributed by atoms with van der Waals surface area (Å²) < 4.78 is 1.06. The molecule has 0 radical (unpaired) electrons. The Morgan fingerprint density at radius 1 is 1.53 bits per heavy atom. The normalized spacial score (nSPS) is 12.9. The zero-order valence-corrected chi connectivity index (χ0v) is 12.3. The van der Waals surface area contributed by atoms with E-state index in [1.807, 2.05) is 30.0 Å². The third kappa shape index (κ3) is 3.27. The fraction of sp³-hybridized carbons (Fsp3) is 0.417. The number of nitrogens with one attached hydrogen (secondary N) is 1. The van der Waals surface area contributed by atoms with Gasteiger partial charge in [-0.15, -0.1) is 0 Å². The minimum Gasteiger partial charge on any atom is -0.359 e. The van der Waals surface area contributed by atoms with Crippen LogP contribution in [-0.4, -0.2) is 23.0 Å². The van der Waals surface area contributed by atoms with Crippen molar-refractivity contribution in [2.24, 2.45) is 0 Å². The van der Waals surface area contributed by atoms with E-state index in [-0.39, 0.29) is 0 Å². The Hall–Kier alpha value is -0.450. The maximum atomic E-state index is 6.13. The number of hydrogen-bond donors (Lipinski definition) is 1. The van der Waals surface area contributed by atoms with Crippen molar-refractivity contribution in [3.05, 3.63) is 23.2 Å². The van der Waals surface area contributed by atoms with E-state index >= 15 is 0 Å². The molecule has 0 aliphatic rings. The highest BCUT2D eigenvalue weighted by molar-refractivity contribution is 7.98. The number of aromatic nitrogens is 1. The lowest BCUT2D eigenvalue weighted by Gasteiger charge is -2.11. The molecule has 0 aliphatic carbocycles. The molecule has 1 heterocycles. The highest BCUT2D eigenvalue weighted by atomic mass is 35.5. The Balaban J connectivity index is 2.11. The Kier molecular flexibility index (Phi) is 4.54. The summed E-state index contributed by atoms with van der Waals surface area (Å²) in [5.41, 5.74) is 0.974. The molecule has 17 heavy (non-hydrogen) atoms. The molecule has 1 aromatic heterocycles. The summed E-state index contributed by atoms with van der Waals surface area (Å²) in [5.74, 6) is 1.17. The maximum absolute atomic E-state index is 6.13. The molecule has 0 saturated carbocycles. The first kappa shape index (κ1) is 13.0. The number of rotatable bonds is 5. The third-order valence-electron chi connectivity index (χ3n) is 2.49. The van der Waals surface area contributed by atoms with Gasteiger partial charge in [-0.25, -0.2) is 4.98 Å². The van der Waals surface area contributed by atoms with Gasteiger partial charge in [-0.3, -0.25) is 0 Å². The van der Waals surface area contributed by atoms with E-state index in [4.69, 9.17) is 11.6 Å². The summed E-state index contributed by atoms with van der Waals surface area (Å²) in [4.78, 5) is 4.54. The van der Waals surface area contributed by atoms with Gasteiger partial charge in [-0.2, -0.15) is 11.8 Å². The second-order valence-electron chi connectivity index (χ2n) is 3.93. The minimum absolute atomic E-state index is 0.446. The van der Waals surface area contributed by atoms with Crippen molar-refractivity contribution in [1.29, 1.82) is 0 Å². The number of nitrogens with zero attached hydrogens (tertiary/aromatic N) is 1. The molecule has 1 atom stereocenters. The van der Waals surface area contributed by atoms with Crippen molar-refractivity contribution < 1.29 is 0 Å². The van der Waals surface area contributed by atoms with Gasteiger partial charge in [-0.05, 0) is 37.5 Å². The summed E-state index contributed by atoms with van der Waals surface area (Å²) in [5, 5.41) is 5.17. The van der Waals surface area contributed by atoms with Crippen molar-refractivity contribution in [2.45, 2.75) is 19.4 Å². The highest BCUT2D eigenvalue weighted by Gasteiger charge is 2.08. The van der Waals surface area contributed by atoms with Crippen molar-refractivity contribution in [3.8, 4) is 0 Å². The van der Waals surface area contributed by atoms with Crippen LogP contribution < -0.4 is 5.32 Å². The molecular weight excluding hydrogens is 272 g/mol. The van der Waals surface area contributed by atoms with Gasteiger partial charge in [0, 0.05) is 6.04 Å². The molecule has 1 N–H and O–H groups in total. The molecular formula is C12H15ClN2S2. The SMILES string of the molecule is CSCCC(C)Nc1nc2cccc(Cl)c2s1. The van der Waals surface area contributed by atoms with Gasteiger partial charge in [0.1, 0.15) is 0 Å². The summed E-state index contributed by atoms with van der Waals surface area (Å²) in [6.07, 6.45) is 3.27. The lowest BCUT2D eigenvalue weighted by atomic mass is 10.3. The number of anilines is 1. The zero-order chi connectivity index (χ0) is 12.3. The lowest BCUT2D eigenvalue weighted by Crippen LogP contribution is -2.15. The van der Waals surface area contributed by atoms with Crippen LogP contribution in [0.4, 0.5) is 5.13 Å². The Morgan fingerprint density at radius 2 is 2.35 bits per heavy atom. The molecule has 0 fully saturated rings. The smallest absolute Gasteiger partial charge is 0.184 e. The molecule has 0 spiro atoms. The summed E-state index contributed by atoms with van der Waals surface area (Å²) >= 11 is 9.62. The van der Waals surface area contributed by atoms with E-state index in [0.29, 0.717) is 6.04 Å². The van der Waals surface area contributed by atoms with E-state index < -0.39 is 0 Å². The van der Waals surface area contributed by atoms with Crippen LogP contribution in [0.3, 0.4) is 0 Å². The molecule has 2 aromatic rings. The number of benzene rings is 1. The van der Waals surface area contributed by atoms with Gasteiger partial charge in [0.25, 0.3) is 0 Å². The van der Waals surface area contributed by atoms with Crippen LogP contribution in [-0.2, 0) is 0 Å². The Bertz CT molecular complexity index is 498. The number of halogens is 1. The predicted molar refractivity (Wildman–Crippen MR) is 80.7 cm³/mol. The molecule has 1 aromatic carbocycles. The van der Waals surface area contributed by atoms with Crippen molar-refractivity contribution in [1.82, 2.24) is 4.98 Å². The molecule has 0 aliphatic heterocycles. The molecule has 5 heteroatoms. The number of thioether (sulfide) groups is 1. The third-order valence-corrected chi connectivity index (χ3v) is 4.60. The monoisotopic (exact) mass is 286 g/mol. The number of hydrogen-bond acceptors (Lipinski definition) is 4. The fourth-order valence-corrected chi connectivity index (χ4v) is 3.41. The number of thiazole rings is 1. The van der Waals surface area contributed by atoms with Crippen LogP contribution >= 0.6 is 34.7 Å². The molecule has 2 nitrogen and oxygen atoms in total. The summed E-state index contributed by atoms with van der Waals surface area (Å²) in [6, 6.07) is 6.28. The van der Waals surface area contributed by atoms with Crippen LogP contribution in [0.15, 0.2) is 18.2 Å². The second-order valence-corrected chi connectivity index (χ2v) is 6.33. The first-order chi connectivity index (χ1) is 8.20. The van der Waals surface area contributed by atoms with Crippen LogP contribution in [0.2, 0.25) is 5.02 Å². The largest absolute Gasteiger partial charge is 0.359 e. The van der Waals surface area contributed by atoms with Gasteiger partial charge in [0.2, 0.25) is 0 Å².